The molecule has 1 aliphatic carbocycles. The van der Waals surface area contributed by atoms with Crippen LogP contribution in [0.25, 0.3) is 17.5 Å². The summed E-state index contributed by atoms with van der Waals surface area (Å²) in [5.41, 5.74) is 8.53. The highest BCUT2D eigenvalue weighted by Gasteiger charge is 2.24. The summed E-state index contributed by atoms with van der Waals surface area (Å²) in [7, 11) is 2.10. The smallest absolute Gasteiger partial charge is 0.303 e. The first kappa shape index (κ1) is 21.1. The molecule has 0 saturated carbocycles. The molecular formula is C27H30N2O2. The van der Waals surface area contributed by atoms with Gasteiger partial charge in [-0.2, -0.15) is 0 Å². The van der Waals surface area contributed by atoms with Gasteiger partial charge in [0.1, 0.15) is 5.82 Å². The van der Waals surface area contributed by atoms with Gasteiger partial charge in [-0.15, -0.1) is 0 Å². The lowest BCUT2D eigenvalue weighted by atomic mass is 9.96. The fourth-order valence-electron chi connectivity index (χ4n) is 4.84. The first-order valence-electron chi connectivity index (χ1n) is 11.0. The Morgan fingerprint density at radius 2 is 2.00 bits per heavy atom. The molecule has 3 aromatic rings. The summed E-state index contributed by atoms with van der Waals surface area (Å²) in [6.07, 6.45) is 7.11. The molecule has 0 fully saturated rings. The van der Waals surface area contributed by atoms with Gasteiger partial charge in [0.2, 0.25) is 0 Å². The number of hydrogen-bond donors (Lipinski definition) is 1. The van der Waals surface area contributed by atoms with E-state index in [2.05, 4.69) is 67.6 Å². The van der Waals surface area contributed by atoms with E-state index in [0.29, 0.717) is 0 Å². The Bertz CT molecular complexity index is 1110. The highest BCUT2D eigenvalue weighted by Crippen LogP contribution is 2.36. The molecule has 1 aromatic heterocycles. The van der Waals surface area contributed by atoms with Gasteiger partial charge in [-0.1, -0.05) is 55.1 Å². The van der Waals surface area contributed by atoms with Crippen LogP contribution in [0.4, 0.5) is 0 Å². The Morgan fingerprint density at radius 3 is 2.71 bits per heavy atom. The fraction of sp³-hybridized carbons (Fsp3) is 0.333. The molecule has 0 spiro atoms. The van der Waals surface area contributed by atoms with Gasteiger partial charge in [-0.25, -0.2) is 4.98 Å². The zero-order valence-electron chi connectivity index (χ0n) is 18.4. The van der Waals surface area contributed by atoms with Crippen LogP contribution >= 0.6 is 0 Å². The topological polar surface area (TPSA) is 55.1 Å². The lowest BCUT2D eigenvalue weighted by Crippen LogP contribution is -2.03. The van der Waals surface area contributed by atoms with Crippen molar-refractivity contribution in [1.29, 1.82) is 0 Å². The van der Waals surface area contributed by atoms with Crippen LogP contribution in [0, 0.1) is 6.92 Å². The Kier molecular flexibility index (Phi) is 6.08. The van der Waals surface area contributed by atoms with E-state index in [1.54, 1.807) is 0 Å². The molecule has 0 unspecified atom stereocenters. The summed E-state index contributed by atoms with van der Waals surface area (Å²) in [5.74, 6) is 0.479. The van der Waals surface area contributed by atoms with Crippen LogP contribution in [0.1, 0.15) is 58.8 Å². The number of fused-ring (bicyclic) bond motifs is 1. The fourth-order valence-corrected chi connectivity index (χ4v) is 4.84. The summed E-state index contributed by atoms with van der Waals surface area (Å²) < 4.78 is 2.22. The molecule has 0 radical (unpaired) electrons. The van der Waals surface area contributed by atoms with Crippen molar-refractivity contribution in [3.63, 3.8) is 0 Å². The van der Waals surface area contributed by atoms with Crippen molar-refractivity contribution < 1.29 is 9.90 Å². The summed E-state index contributed by atoms with van der Waals surface area (Å²) in [5, 5.41) is 9.11. The van der Waals surface area contributed by atoms with Crippen LogP contribution in [0.15, 0.2) is 49.0 Å². The van der Waals surface area contributed by atoms with Crippen molar-refractivity contribution in [1.82, 2.24) is 9.55 Å². The van der Waals surface area contributed by atoms with Crippen LogP contribution in [0.2, 0.25) is 0 Å². The molecule has 1 heterocycles. The summed E-state index contributed by atoms with van der Waals surface area (Å²) in [6.45, 7) is 5.91. The van der Waals surface area contributed by atoms with Gasteiger partial charge in [0.05, 0.1) is 12.1 Å². The summed E-state index contributed by atoms with van der Waals surface area (Å²) in [6, 6.07) is 15.0. The molecule has 4 nitrogen and oxygen atoms in total. The van der Waals surface area contributed by atoms with E-state index in [4.69, 9.17) is 10.1 Å². The van der Waals surface area contributed by atoms with Gasteiger partial charge in [0.25, 0.3) is 0 Å². The standard InChI is InChI=1S/C27H30N2O2/c1-4-19-8-11-21(12-9-19)27-28-18(2)25(29(27)3)7-5-6-20-10-15-24-22(16-20)13-14-23(24)17-26(30)31/h4,8-12,15-16,23H,1,5-7,13-14,17H2,2-3H3,(H,30,31)/t23-/m0/s1. The minimum Gasteiger partial charge on any atom is -0.481 e. The Morgan fingerprint density at radius 1 is 1.23 bits per heavy atom. The zero-order chi connectivity index (χ0) is 22.0. The van der Waals surface area contributed by atoms with Crippen molar-refractivity contribution in [2.24, 2.45) is 7.05 Å². The van der Waals surface area contributed by atoms with E-state index in [1.165, 1.54) is 22.4 Å². The normalized spacial score (nSPS) is 15.1. The minimum absolute atomic E-state index is 0.178. The number of benzene rings is 2. The van der Waals surface area contributed by atoms with Gasteiger partial charge in [-0.05, 0) is 67.2 Å². The second-order valence-electron chi connectivity index (χ2n) is 8.57. The Labute approximate surface area is 184 Å². The average molecular weight is 415 g/mol. The van der Waals surface area contributed by atoms with Crippen molar-refractivity contribution >= 4 is 12.0 Å². The largest absolute Gasteiger partial charge is 0.481 e. The maximum Gasteiger partial charge on any atom is 0.303 e. The maximum absolute atomic E-state index is 11.1. The van der Waals surface area contributed by atoms with Gasteiger partial charge in [0, 0.05) is 18.3 Å². The molecule has 31 heavy (non-hydrogen) atoms. The van der Waals surface area contributed by atoms with E-state index < -0.39 is 5.97 Å². The third-order valence-electron chi connectivity index (χ3n) is 6.53. The van der Waals surface area contributed by atoms with Crippen molar-refractivity contribution in [2.45, 2.75) is 51.4 Å². The van der Waals surface area contributed by atoms with E-state index >= 15 is 0 Å². The lowest BCUT2D eigenvalue weighted by Gasteiger charge is -2.10. The number of aliphatic carboxylic acids is 1. The molecule has 4 rings (SSSR count). The number of rotatable bonds is 8. The van der Waals surface area contributed by atoms with Gasteiger partial charge in [-0.3, -0.25) is 4.79 Å². The number of aromatic nitrogens is 2. The van der Waals surface area contributed by atoms with E-state index in [1.807, 2.05) is 6.08 Å². The molecule has 0 bridgehead atoms. The molecular weight excluding hydrogens is 384 g/mol. The molecule has 1 atom stereocenters. The molecule has 0 aliphatic heterocycles. The third-order valence-corrected chi connectivity index (χ3v) is 6.53. The molecule has 160 valence electrons. The molecule has 1 aliphatic rings. The predicted molar refractivity (Wildman–Crippen MR) is 125 cm³/mol. The quantitative estimate of drug-likeness (QED) is 0.513. The van der Waals surface area contributed by atoms with Crippen molar-refractivity contribution in [3.05, 3.63) is 82.7 Å². The average Bonchev–Trinajstić information content (AvgIpc) is 3.28. The summed E-state index contributed by atoms with van der Waals surface area (Å²) in [4.78, 5) is 15.9. The molecule has 4 heteroatoms. The van der Waals surface area contributed by atoms with Crippen molar-refractivity contribution in [2.75, 3.05) is 0 Å². The van der Waals surface area contributed by atoms with Crippen LogP contribution in [-0.4, -0.2) is 20.6 Å². The lowest BCUT2D eigenvalue weighted by molar-refractivity contribution is -0.137. The first-order valence-corrected chi connectivity index (χ1v) is 11.0. The number of carbonyl (C=O) groups is 1. The number of carboxylic acid groups (broad SMARTS) is 1. The molecule has 0 amide bonds. The molecule has 1 N–H and O–H groups in total. The highest BCUT2D eigenvalue weighted by atomic mass is 16.4. The predicted octanol–water partition coefficient (Wildman–Crippen LogP) is 5.72. The zero-order valence-corrected chi connectivity index (χ0v) is 18.4. The second-order valence-corrected chi connectivity index (χ2v) is 8.57. The number of nitrogens with zero attached hydrogens (tertiary/aromatic N) is 2. The Hall–Kier alpha value is -3.14. The highest BCUT2D eigenvalue weighted by molar-refractivity contribution is 5.68. The number of aryl methyl sites for hydroxylation is 3. The van der Waals surface area contributed by atoms with E-state index in [9.17, 15) is 4.79 Å². The molecule has 2 aromatic carbocycles. The minimum atomic E-state index is -0.704. The van der Waals surface area contributed by atoms with Crippen LogP contribution in [0.3, 0.4) is 0 Å². The van der Waals surface area contributed by atoms with Gasteiger partial charge in [0.15, 0.2) is 0 Å². The first-order chi connectivity index (χ1) is 15.0. The number of carboxylic acids is 1. The second kappa shape index (κ2) is 8.93. The van der Waals surface area contributed by atoms with Gasteiger partial charge >= 0.3 is 5.97 Å². The van der Waals surface area contributed by atoms with E-state index in [-0.39, 0.29) is 12.3 Å². The van der Waals surface area contributed by atoms with Crippen molar-refractivity contribution in [3.8, 4) is 11.4 Å². The maximum atomic E-state index is 11.1. The third kappa shape index (κ3) is 4.48. The van der Waals surface area contributed by atoms with Crippen LogP contribution in [0.5, 0.6) is 0 Å². The van der Waals surface area contributed by atoms with Crippen LogP contribution < -0.4 is 0 Å². The Balaban J connectivity index is 1.42. The summed E-state index contributed by atoms with van der Waals surface area (Å²) >= 11 is 0. The number of hydrogen-bond acceptors (Lipinski definition) is 2. The van der Waals surface area contributed by atoms with Crippen LogP contribution in [-0.2, 0) is 31.1 Å². The SMILES string of the molecule is C=Cc1ccc(-c2nc(C)c(CCCc3ccc4c(c3)CC[C@H]4CC(=O)O)n2C)cc1. The monoisotopic (exact) mass is 414 g/mol. The molecule has 0 saturated heterocycles. The number of imidazole rings is 1. The van der Waals surface area contributed by atoms with Gasteiger partial charge < -0.3 is 9.67 Å². The van der Waals surface area contributed by atoms with E-state index in [0.717, 1.165) is 54.7 Å².